The maximum Gasteiger partial charge on any atom is 0.326 e. The van der Waals surface area contributed by atoms with Crippen LogP contribution in [0.2, 0.25) is 0 Å². The number of imide groups is 1. The lowest BCUT2D eigenvalue weighted by Crippen LogP contribution is -2.72. The number of β-lactam (4-membered cyclic amide) rings is 1. The first-order valence-corrected chi connectivity index (χ1v) is 14.9. The smallest absolute Gasteiger partial charge is 0.326 e. The van der Waals surface area contributed by atoms with E-state index in [0.717, 1.165) is 37.1 Å². The van der Waals surface area contributed by atoms with Crippen LogP contribution in [0.25, 0.3) is 0 Å². The number of benzene rings is 1. The number of ether oxygens (including phenoxy) is 2. The first-order chi connectivity index (χ1) is 19.1. The fourth-order valence-electron chi connectivity index (χ4n) is 5.38. The maximum atomic E-state index is 13.5. The number of nitrogens with zero attached hydrogens (tertiary/aromatic N) is 3. The Balaban J connectivity index is 2.12. The van der Waals surface area contributed by atoms with Crippen LogP contribution in [0.3, 0.4) is 0 Å². The summed E-state index contributed by atoms with van der Waals surface area (Å²) < 4.78 is 11.4. The third-order valence-corrected chi connectivity index (χ3v) is 8.26. The van der Waals surface area contributed by atoms with Gasteiger partial charge in [-0.2, -0.15) is 0 Å². The highest BCUT2D eigenvalue weighted by Gasteiger charge is 2.62. The number of hydrogen-bond donors (Lipinski definition) is 1. The van der Waals surface area contributed by atoms with Crippen LogP contribution in [0.4, 0.5) is 4.79 Å². The predicted molar refractivity (Wildman–Crippen MR) is 158 cm³/mol. The van der Waals surface area contributed by atoms with Crippen molar-refractivity contribution in [3.8, 4) is 0 Å². The van der Waals surface area contributed by atoms with E-state index in [1.807, 2.05) is 52.0 Å². The quantitative estimate of drug-likeness (QED) is 0.277. The molecule has 0 radical (unpaired) electrons. The van der Waals surface area contributed by atoms with Crippen molar-refractivity contribution >= 4 is 17.8 Å². The van der Waals surface area contributed by atoms with Crippen molar-refractivity contribution in [1.29, 1.82) is 0 Å². The summed E-state index contributed by atoms with van der Waals surface area (Å²) in [6, 6.07) is 7.70. The zero-order valence-electron chi connectivity index (χ0n) is 26.0. The Hall–Kier alpha value is -2.49. The van der Waals surface area contributed by atoms with Crippen LogP contribution in [0.1, 0.15) is 84.4 Å². The minimum Gasteiger partial charge on any atom is -0.383 e. The third kappa shape index (κ3) is 8.04. The van der Waals surface area contributed by atoms with Gasteiger partial charge in [-0.05, 0) is 52.5 Å². The molecule has 1 unspecified atom stereocenters. The standard InChI is InChI=1S/C31H52N4O5/c1-9-13-26(25-16-14-24(7)15-17-25)32-30(38)35-28(37)31(10-2,11-3)29(35)40-22-27(36)33(12-4)18-19-34(23(5)6)20-21-39-8/h14-17,23,26,29H,9-13,18-22H2,1-8H3,(H,32,38)/t26-,29?/m1/s1. The number of methoxy groups -OCH3 is 1. The molecule has 0 spiro atoms. The van der Waals surface area contributed by atoms with E-state index in [1.165, 1.54) is 4.90 Å². The summed E-state index contributed by atoms with van der Waals surface area (Å²) in [6.07, 6.45) is 1.90. The molecule has 1 saturated heterocycles. The topological polar surface area (TPSA) is 91.4 Å². The van der Waals surface area contributed by atoms with E-state index in [-0.39, 0.29) is 24.5 Å². The molecule has 2 rings (SSSR count). The second kappa shape index (κ2) is 16.1. The van der Waals surface area contributed by atoms with E-state index in [0.29, 0.717) is 38.6 Å². The van der Waals surface area contributed by atoms with Gasteiger partial charge in [-0.3, -0.25) is 14.5 Å². The number of hydrogen-bond acceptors (Lipinski definition) is 6. The highest BCUT2D eigenvalue weighted by atomic mass is 16.5. The average Bonchev–Trinajstić information content (AvgIpc) is 2.93. The molecule has 1 aromatic rings. The van der Waals surface area contributed by atoms with Crippen molar-refractivity contribution < 1.29 is 23.9 Å². The molecule has 4 amide bonds. The number of carbonyl (C=O) groups is 3. The second-order valence-corrected chi connectivity index (χ2v) is 11.0. The molecule has 2 atom stereocenters. The van der Waals surface area contributed by atoms with E-state index in [9.17, 15) is 14.4 Å². The Morgan fingerprint density at radius 2 is 1.70 bits per heavy atom. The zero-order chi connectivity index (χ0) is 29.9. The number of likely N-dealkylation sites (N-methyl/N-ethyl adjacent to an activating group) is 1. The van der Waals surface area contributed by atoms with E-state index >= 15 is 0 Å². The van der Waals surface area contributed by atoms with Crippen molar-refractivity contribution in [3.63, 3.8) is 0 Å². The first-order valence-electron chi connectivity index (χ1n) is 14.9. The second-order valence-electron chi connectivity index (χ2n) is 11.0. The zero-order valence-corrected chi connectivity index (χ0v) is 26.0. The SMILES string of the molecule is CCC[C@@H](NC(=O)N1C(=O)C(CC)(CC)C1OCC(=O)N(CC)CCN(CCOC)C(C)C)c1ccc(C)cc1. The number of urea groups is 1. The molecule has 1 fully saturated rings. The monoisotopic (exact) mass is 560 g/mol. The average molecular weight is 561 g/mol. The van der Waals surface area contributed by atoms with Crippen molar-refractivity contribution in [2.75, 3.05) is 46.5 Å². The lowest BCUT2D eigenvalue weighted by atomic mass is 9.72. The van der Waals surface area contributed by atoms with Crippen LogP contribution < -0.4 is 5.32 Å². The maximum absolute atomic E-state index is 13.5. The van der Waals surface area contributed by atoms with Gasteiger partial charge >= 0.3 is 6.03 Å². The summed E-state index contributed by atoms with van der Waals surface area (Å²) in [5, 5.41) is 3.06. The molecule has 0 aliphatic carbocycles. The van der Waals surface area contributed by atoms with Crippen LogP contribution in [0, 0.1) is 12.3 Å². The number of nitrogens with one attached hydrogen (secondary N) is 1. The van der Waals surface area contributed by atoms with Crippen LogP contribution in [-0.2, 0) is 19.1 Å². The largest absolute Gasteiger partial charge is 0.383 e. The van der Waals surface area contributed by atoms with Crippen LogP contribution in [0.5, 0.6) is 0 Å². The Morgan fingerprint density at radius 1 is 1.05 bits per heavy atom. The molecule has 0 saturated carbocycles. The Morgan fingerprint density at radius 3 is 2.23 bits per heavy atom. The van der Waals surface area contributed by atoms with Crippen LogP contribution >= 0.6 is 0 Å². The summed E-state index contributed by atoms with van der Waals surface area (Å²) in [5.41, 5.74) is 1.33. The molecule has 1 aliphatic rings. The molecule has 0 bridgehead atoms. The van der Waals surface area contributed by atoms with Gasteiger partial charge < -0.3 is 19.7 Å². The molecule has 40 heavy (non-hydrogen) atoms. The van der Waals surface area contributed by atoms with Gasteiger partial charge in [-0.15, -0.1) is 0 Å². The number of carbonyl (C=O) groups excluding carboxylic acids is 3. The predicted octanol–water partition coefficient (Wildman–Crippen LogP) is 4.74. The van der Waals surface area contributed by atoms with E-state index in [4.69, 9.17) is 9.47 Å². The normalized spacial score (nSPS) is 17.2. The molecule has 1 N–H and O–H groups in total. The number of amides is 4. The summed E-state index contributed by atoms with van der Waals surface area (Å²) in [5.74, 6) is -0.396. The minimum atomic E-state index is -0.812. The van der Waals surface area contributed by atoms with Gasteiger partial charge in [0.25, 0.3) is 0 Å². The highest BCUT2D eigenvalue weighted by Crippen LogP contribution is 2.46. The molecular weight excluding hydrogens is 508 g/mol. The fourth-order valence-corrected chi connectivity index (χ4v) is 5.38. The Kier molecular flexibility index (Phi) is 13.6. The molecular formula is C31H52N4O5. The van der Waals surface area contributed by atoms with Gasteiger partial charge in [-0.25, -0.2) is 9.69 Å². The molecule has 226 valence electrons. The van der Waals surface area contributed by atoms with E-state index < -0.39 is 17.7 Å². The van der Waals surface area contributed by atoms with Gasteiger partial charge in [0.15, 0.2) is 6.23 Å². The fraction of sp³-hybridized carbons (Fsp3) is 0.710. The third-order valence-electron chi connectivity index (χ3n) is 8.26. The molecule has 0 aromatic heterocycles. The summed E-state index contributed by atoms with van der Waals surface area (Å²) in [7, 11) is 1.69. The summed E-state index contributed by atoms with van der Waals surface area (Å²) in [6.45, 7) is 17.2. The number of likely N-dealkylation sites (tertiary alicyclic amines) is 1. The molecule has 1 aliphatic heterocycles. The lowest BCUT2D eigenvalue weighted by molar-refractivity contribution is -0.212. The van der Waals surface area contributed by atoms with Gasteiger partial charge in [0.05, 0.1) is 18.1 Å². The van der Waals surface area contributed by atoms with Crippen molar-refractivity contribution in [3.05, 3.63) is 35.4 Å². The Labute approximate surface area is 241 Å². The molecule has 9 nitrogen and oxygen atoms in total. The van der Waals surface area contributed by atoms with Crippen molar-refractivity contribution in [2.24, 2.45) is 5.41 Å². The van der Waals surface area contributed by atoms with Gasteiger partial charge in [-0.1, -0.05) is 57.0 Å². The molecule has 1 aromatic carbocycles. The highest BCUT2D eigenvalue weighted by molar-refractivity contribution is 6.03. The van der Waals surface area contributed by atoms with E-state index in [2.05, 4.69) is 31.0 Å². The number of rotatable bonds is 17. The summed E-state index contributed by atoms with van der Waals surface area (Å²) >= 11 is 0. The van der Waals surface area contributed by atoms with Crippen LogP contribution in [-0.4, -0.2) is 91.3 Å². The number of aryl methyl sites for hydroxylation is 1. The molecule has 1 heterocycles. The minimum absolute atomic E-state index is 0.151. The van der Waals surface area contributed by atoms with Gasteiger partial charge in [0, 0.05) is 39.3 Å². The lowest BCUT2D eigenvalue weighted by Gasteiger charge is -2.53. The van der Waals surface area contributed by atoms with E-state index in [1.54, 1.807) is 12.0 Å². The van der Waals surface area contributed by atoms with Crippen molar-refractivity contribution in [2.45, 2.75) is 92.5 Å². The van der Waals surface area contributed by atoms with Crippen molar-refractivity contribution in [1.82, 2.24) is 20.0 Å². The van der Waals surface area contributed by atoms with Crippen LogP contribution in [0.15, 0.2) is 24.3 Å². The van der Waals surface area contributed by atoms with Gasteiger partial charge in [0.1, 0.15) is 6.61 Å². The Bertz CT molecular complexity index is 948. The first kappa shape index (κ1) is 33.7. The molecule has 9 heteroatoms. The summed E-state index contributed by atoms with van der Waals surface area (Å²) in [4.78, 5) is 45.2. The van der Waals surface area contributed by atoms with Gasteiger partial charge in [0.2, 0.25) is 11.8 Å².